The van der Waals surface area contributed by atoms with Crippen LogP contribution in [0.15, 0.2) is 12.1 Å². The van der Waals surface area contributed by atoms with Gasteiger partial charge in [-0.15, -0.1) is 0 Å². The van der Waals surface area contributed by atoms with Crippen molar-refractivity contribution in [3.8, 4) is 11.5 Å². The first-order valence-corrected chi connectivity index (χ1v) is 8.29. The molecule has 0 aromatic heterocycles. The predicted molar refractivity (Wildman–Crippen MR) is 91.3 cm³/mol. The summed E-state index contributed by atoms with van der Waals surface area (Å²) in [6, 6.07) is 2.91. The second-order valence-electron chi connectivity index (χ2n) is 5.64. The Morgan fingerprint density at radius 2 is 1.84 bits per heavy atom. The van der Waals surface area contributed by atoms with Crippen LogP contribution in [0.25, 0.3) is 0 Å². The zero-order valence-electron chi connectivity index (χ0n) is 15.4. The fraction of sp³-hybridized carbons (Fsp3) is 0.556. The second-order valence-corrected chi connectivity index (χ2v) is 5.64. The second kappa shape index (κ2) is 9.86. The van der Waals surface area contributed by atoms with E-state index in [9.17, 15) is 14.0 Å². The zero-order valence-corrected chi connectivity index (χ0v) is 15.4. The van der Waals surface area contributed by atoms with E-state index >= 15 is 0 Å². The molecule has 0 atom stereocenters. The van der Waals surface area contributed by atoms with Crippen molar-refractivity contribution in [3.05, 3.63) is 23.5 Å². The first-order valence-electron chi connectivity index (χ1n) is 8.29. The summed E-state index contributed by atoms with van der Waals surface area (Å²) in [6.07, 6.45) is -0.481. The Balaban J connectivity index is 2.88. The largest absolute Gasteiger partial charge is 0.490 e. The molecule has 0 radical (unpaired) electrons. The lowest BCUT2D eigenvalue weighted by atomic mass is 10.1. The van der Waals surface area contributed by atoms with Gasteiger partial charge in [0.25, 0.3) is 5.91 Å². The van der Waals surface area contributed by atoms with E-state index in [-0.39, 0.29) is 42.1 Å². The van der Waals surface area contributed by atoms with Gasteiger partial charge in [0, 0.05) is 18.7 Å². The minimum Gasteiger partial charge on any atom is -0.490 e. The number of nitrogens with zero attached hydrogens (tertiary/aromatic N) is 1. The number of methoxy groups -OCH3 is 1. The standard InChI is InChI=1S/C18H26FNO5/c1-6-20(7-2)15(21)11-24-14-9-8-13(17(19)18(14)23-5)10-16(22)25-12(3)4/h8-9,12H,6-7,10-11H2,1-5H3. The van der Waals surface area contributed by atoms with Crippen LogP contribution in [-0.2, 0) is 20.7 Å². The number of carbonyl (C=O) groups excluding carboxylic acids is 2. The lowest BCUT2D eigenvalue weighted by Crippen LogP contribution is -2.34. The van der Waals surface area contributed by atoms with Crippen LogP contribution >= 0.6 is 0 Å². The molecule has 1 aromatic carbocycles. The number of amides is 1. The topological polar surface area (TPSA) is 65.1 Å². The number of halogens is 1. The highest BCUT2D eigenvalue weighted by molar-refractivity contribution is 5.78. The Bertz CT molecular complexity index is 599. The lowest BCUT2D eigenvalue weighted by Gasteiger charge is -2.19. The summed E-state index contributed by atoms with van der Waals surface area (Å²) in [7, 11) is 1.30. The fourth-order valence-corrected chi connectivity index (χ4v) is 2.29. The summed E-state index contributed by atoms with van der Waals surface area (Å²) in [5.41, 5.74) is 0.143. The normalized spacial score (nSPS) is 10.5. The fourth-order valence-electron chi connectivity index (χ4n) is 2.29. The molecule has 0 unspecified atom stereocenters. The smallest absolute Gasteiger partial charge is 0.310 e. The molecule has 0 bridgehead atoms. The molecule has 1 amide bonds. The maximum Gasteiger partial charge on any atom is 0.310 e. The number of esters is 1. The SMILES string of the molecule is CCN(CC)C(=O)COc1ccc(CC(=O)OC(C)C)c(F)c1OC. The number of hydrogen-bond donors (Lipinski definition) is 0. The lowest BCUT2D eigenvalue weighted by molar-refractivity contribution is -0.146. The Hall–Kier alpha value is -2.31. The van der Waals surface area contributed by atoms with Gasteiger partial charge in [-0.05, 0) is 33.8 Å². The van der Waals surface area contributed by atoms with Crippen LogP contribution in [0.2, 0.25) is 0 Å². The van der Waals surface area contributed by atoms with Crippen molar-refractivity contribution in [2.24, 2.45) is 0 Å². The molecule has 0 fully saturated rings. The molecule has 0 aliphatic heterocycles. The van der Waals surface area contributed by atoms with Gasteiger partial charge >= 0.3 is 5.97 Å². The predicted octanol–water partition coefficient (Wildman–Crippen LogP) is 2.58. The molecular weight excluding hydrogens is 329 g/mol. The summed E-state index contributed by atoms with van der Waals surface area (Å²) in [6.45, 7) is 8.10. The molecule has 0 aliphatic rings. The van der Waals surface area contributed by atoms with Gasteiger partial charge in [-0.1, -0.05) is 6.07 Å². The third-order valence-electron chi connectivity index (χ3n) is 3.51. The molecular formula is C18H26FNO5. The highest BCUT2D eigenvalue weighted by Gasteiger charge is 2.20. The van der Waals surface area contributed by atoms with Crippen molar-refractivity contribution in [1.82, 2.24) is 4.90 Å². The van der Waals surface area contributed by atoms with Gasteiger partial charge in [0.15, 0.2) is 23.9 Å². The minimum absolute atomic E-state index is 0.112. The highest BCUT2D eigenvalue weighted by Crippen LogP contribution is 2.32. The number of carbonyl (C=O) groups is 2. The summed E-state index contributed by atoms with van der Waals surface area (Å²) in [5.74, 6) is -1.45. The van der Waals surface area contributed by atoms with Crippen molar-refractivity contribution < 1.29 is 28.2 Å². The molecule has 0 heterocycles. The summed E-state index contributed by atoms with van der Waals surface area (Å²) in [5, 5.41) is 0. The quantitative estimate of drug-likeness (QED) is 0.637. The number of hydrogen-bond acceptors (Lipinski definition) is 5. The van der Waals surface area contributed by atoms with Gasteiger partial charge < -0.3 is 19.1 Å². The van der Waals surface area contributed by atoms with Crippen LogP contribution in [0, 0.1) is 5.82 Å². The molecule has 0 aliphatic carbocycles. The molecule has 7 heteroatoms. The number of benzene rings is 1. The summed E-state index contributed by atoms with van der Waals surface area (Å²) >= 11 is 0. The van der Waals surface area contributed by atoms with E-state index in [0.717, 1.165) is 0 Å². The van der Waals surface area contributed by atoms with Gasteiger partial charge in [0.2, 0.25) is 0 Å². The molecule has 25 heavy (non-hydrogen) atoms. The van der Waals surface area contributed by atoms with E-state index in [1.807, 2.05) is 13.8 Å². The van der Waals surface area contributed by atoms with Gasteiger partial charge in [0.05, 0.1) is 19.6 Å². The van der Waals surface area contributed by atoms with E-state index in [1.54, 1.807) is 18.7 Å². The van der Waals surface area contributed by atoms with E-state index < -0.39 is 11.8 Å². The summed E-state index contributed by atoms with van der Waals surface area (Å²) in [4.78, 5) is 25.3. The van der Waals surface area contributed by atoms with Crippen molar-refractivity contribution in [1.29, 1.82) is 0 Å². The summed E-state index contributed by atoms with van der Waals surface area (Å²) < 4.78 is 30.0. The minimum atomic E-state index is -0.698. The first-order chi connectivity index (χ1) is 11.8. The molecule has 0 saturated carbocycles. The van der Waals surface area contributed by atoms with Gasteiger partial charge in [-0.2, -0.15) is 0 Å². The first kappa shape index (κ1) is 20.7. The monoisotopic (exact) mass is 355 g/mol. The zero-order chi connectivity index (χ0) is 19.0. The van der Waals surface area contributed by atoms with E-state index in [0.29, 0.717) is 13.1 Å². The van der Waals surface area contributed by atoms with E-state index in [2.05, 4.69) is 0 Å². The number of likely N-dealkylation sites (N-methyl/N-ethyl adjacent to an activating group) is 1. The van der Waals surface area contributed by atoms with Crippen molar-refractivity contribution in [3.63, 3.8) is 0 Å². The Morgan fingerprint density at radius 3 is 2.36 bits per heavy atom. The highest BCUT2D eigenvalue weighted by atomic mass is 19.1. The molecule has 6 nitrogen and oxygen atoms in total. The van der Waals surface area contributed by atoms with Gasteiger partial charge in [-0.3, -0.25) is 9.59 Å². The molecule has 0 N–H and O–H groups in total. The molecule has 1 aromatic rings. The molecule has 0 spiro atoms. The van der Waals surface area contributed by atoms with E-state index in [4.69, 9.17) is 14.2 Å². The number of ether oxygens (including phenoxy) is 3. The third-order valence-corrected chi connectivity index (χ3v) is 3.51. The van der Waals surface area contributed by atoms with Crippen LogP contribution in [0.1, 0.15) is 33.3 Å². The van der Waals surface area contributed by atoms with Crippen molar-refractivity contribution in [2.45, 2.75) is 40.2 Å². The Morgan fingerprint density at radius 1 is 1.20 bits per heavy atom. The maximum atomic E-state index is 14.5. The molecule has 1 rings (SSSR count). The van der Waals surface area contributed by atoms with E-state index in [1.165, 1.54) is 19.2 Å². The van der Waals surface area contributed by atoms with Crippen LogP contribution in [-0.4, -0.2) is 49.7 Å². The third kappa shape index (κ3) is 5.92. The number of rotatable bonds is 9. The van der Waals surface area contributed by atoms with Crippen molar-refractivity contribution >= 4 is 11.9 Å². The Labute approximate surface area is 147 Å². The maximum absolute atomic E-state index is 14.5. The van der Waals surface area contributed by atoms with Crippen LogP contribution in [0.3, 0.4) is 0 Å². The van der Waals surface area contributed by atoms with Gasteiger partial charge in [-0.25, -0.2) is 4.39 Å². The van der Waals surface area contributed by atoms with Gasteiger partial charge in [0.1, 0.15) is 0 Å². The van der Waals surface area contributed by atoms with Crippen molar-refractivity contribution in [2.75, 3.05) is 26.8 Å². The Kier molecular flexibility index (Phi) is 8.18. The van der Waals surface area contributed by atoms with Crippen LogP contribution < -0.4 is 9.47 Å². The molecule has 0 saturated heterocycles. The van der Waals surface area contributed by atoms with Crippen LogP contribution in [0.4, 0.5) is 4.39 Å². The average molecular weight is 355 g/mol. The average Bonchev–Trinajstić information content (AvgIpc) is 2.55. The molecule has 140 valence electrons. The van der Waals surface area contributed by atoms with Crippen LogP contribution in [0.5, 0.6) is 11.5 Å².